The summed E-state index contributed by atoms with van der Waals surface area (Å²) in [6.45, 7) is 9.62. The van der Waals surface area contributed by atoms with Crippen molar-refractivity contribution < 1.29 is 37.0 Å². The SMILES string of the molecule is COc1cc(C(=O)Nc2cc(C(F)(F)F)ccn2)ccc1-c1nc([C@H]2CN(C3CN(C(=O)OC(C)(C)C)C3)[C@@H](C)CO2)n2ccnc(N)c12. The summed E-state index contributed by atoms with van der Waals surface area (Å²) in [5, 5.41) is 2.41. The van der Waals surface area contributed by atoms with Crippen LogP contribution in [-0.2, 0) is 15.7 Å². The molecular formula is C33H37F3N8O5. The van der Waals surface area contributed by atoms with Crippen molar-refractivity contribution >= 4 is 29.2 Å². The molecule has 6 rings (SSSR count). The standard InChI is InChI=1S/C33H37F3N8O5/c1-18-17-48-24(16-44(18)21-14-42(15-21)31(46)49-32(2,3)4)29-41-26(27-28(37)39-10-11-43(27)29)22-7-6-19(12-23(22)47-5)30(45)40-25-13-20(8-9-38-25)33(34,35)36/h6-13,18,21,24H,14-17H2,1-5H3,(H2,37,39)(H,38,40,45)/t18-,24+/m0/s1. The Bertz CT molecular complexity index is 1890. The number of anilines is 2. The van der Waals surface area contributed by atoms with Crippen molar-refractivity contribution in [2.75, 3.05) is 44.4 Å². The molecule has 0 radical (unpaired) electrons. The zero-order valence-electron chi connectivity index (χ0n) is 27.6. The third-order valence-electron chi connectivity index (χ3n) is 8.41. The number of halogens is 3. The van der Waals surface area contributed by atoms with Gasteiger partial charge in [-0.3, -0.25) is 14.1 Å². The number of hydrogen-bond acceptors (Lipinski definition) is 10. The van der Waals surface area contributed by atoms with Crippen LogP contribution in [0.15, 0.2) is 48.9 Å². The lowest BCUT2D eigenvalue weighted by molar-refractivity contribution is -0.137. The Balaban J connectivity index is 1.26. The lowest BCUT2D eigenvalue weighted by Gasteiger charge is -2.50. The monoisotopic (exact) mass is 682 g/mol. The van der Waals surface area contributed by atoms with Gasteiger partial charge >= 0.3 is 12.3 Å². The molecule has 13 nitrogen and oxygen atoms in total. The van der Waals surface area contributed by atoms with Crippen molar-refractivity contribution in [2.24, 2.45) is 0 Å². The smallest absolute Gasteiger partial charge is 0.416 e. The Morgan fingerprint density at radius 3 is 2.51 bits per heavy atom. The van der Waals surface area contributed by atoms with Crippen molar-refractivity contribution in [1.29, 1.82) is 0 Å². The highest BCUT2D eigenvalue weighted by atomic mass is 19.4. The van der Waals surface area contributed by atoms with Crippen molar-refractivity contribution in [3.05, 3.63) is 65.9 Å². The lowest BCUT2D eigenvalue weighted by Crippen LogP contribution is -2.65. The molecule has 2 aliphatic heterocycles. The summed E-state index contributed by atoms with van der Waals surface area (Å²) in [7, 11) is 1.43. The molecule has 2 aliphatic rings. The second-order valence-corrected chi connectivity index (χ2v) is 13.1. The highest BCUT2D eigenvalue weighted by Crippen LogP contribution is 2.38. The summed E-state index contributed by atoms with van der Waals surface area (Å²) in [5.41, 5.74) is 6.46. The van der Waals surface area contributed by atoms with Gasteiger partial charge < -0.3 is 30.2 Å². The molecule has 1 aromatic carbocycles. The van der Waals surface area contributed by atoms with Crippen LogP contribution in [0.25, 0.3) is 16.8 Å². The molecule has 49 heavy (non-hydrogen) atoms. The van der Waals surface area contributed by atoms with E-state index in [0.29, 0.717) is 48.8 Å². The van der Waals surface area contributed by atoms with Gasteiger partial charge in [-0.25, -0.2) is 19.7 Å². The number of carbonyl (C=O) groups is 2. The molecule has 2 fully saturated rings. The predicted molar refractivity (Wildman–Crippen MR) is 173 cm³/mol. The van der Waals surface area contributed by atoms with E-state index in [1.165, 1.54) is 19.2 Å². The Hall–Kier alpha value is -4.96. The van der Waals surface area contributed by atoms with Gasteiger partial charge in [0, 0.05) is 61.4 Å². The molecule has 0 spiro atoms. The van der Waals surface area contributed by atoms with Crippen molar-refractivity contribution in [1.82, 2.24) is 29.2 Å². The Morgan fingerprint density at radius 2 is 1.82 bits per heavy atom. The number of pyridine rings is 1. The second-order valence-electron chi connectivity index (χ2n) is 13.1. The van der Waals surface area contributed by atoms with Crippen LogP contribution in [-0.4, -0.2) is 92.2 Å². The van der Waals surface area contributed by atoms with E-state index in [2.05, 4.69) is 27.1 Å². The van der Waals surface area contributed by atoms with Gasteiger partial charge in [-0.2, -0.15) is 13.2 Å². The maximum Gasteiger partial charge on any atom is 0.416 e. The number of nitrogens with zero attached hydrogens (tertiary/aromatic N) is 6. The fraction of sp³-hybridized carbons (Fsp3) is 0.424. The van der Waals surface area contributed by atoms with E-state index in [4.69, 9.17) is 24.9 Å². The number of carbonyl (C=O) groups excluding carboxylic acids is 2. The van der Waals surface area contributed by atoms with Crippen LogP contribution in [0, 0.1) is 0 Å². The Kier molecular flexibility index (Phi) is 8.87. The number of aromatic nitrogens is 4. The first-order valence-electron chi connectivity index (χ1n) is 15.6. The number of methoxy groups -OCH3 is 1. The Morgan fingerprint density at radius 1 is 1.06 bits per heavy atom. The molecule has 2 amide bonds. The number of hydrogen-bond donors (Lipinski definition) is 2. The van der Waals surface area contributed by atoms with Crippen LogP contribution >= 0.6 is 0 Å². The van der Waals surface area contributed by atoms with E-state index in [0.717, 1.165) is 18.3 Å². The molecule has 2 saturated heterocycles. The van der Waals surface area contributed by atoms with Crippen molar-refractivity contribution in [2.45, 2.75) is 57.7 Å². The van der Waals surface area contributed by atoms with Gasteiger partial charge in [0.05, 0.1) is 19.3 Å². The molecule has 5 heterocycles. The number of morpholine rings is 1. The van der Waals surface area contributed by atoms with E-state index < -0.39 is 29.4 Å². The minimum absolute atomic E-state index is 0.101. The fourth-order valence-electron chi connectivity index (χ4n) is 5.97. The van der Waals surface area contributed by atoms with E-state index >= 15 is 0 Å². The summed E-state index contributed by atoms with van der Waals surface area (Å²) in [5.74, 6) is 0.139. The molecule has 4 aromatic rings. The molecule has 0 bridgehead atoms. The van der Waals surface area contributed by atoms with E-state index in [1.807, 2.05) is 25.2 Å². The van der Waals surface area contributed by atoms with E-state index in [-0.39, 0.29) is 41.1 Å². The number of nitrogens with one attached hydrogen (secondary N) is 1. The average Bonchev–Trinajstić information content (AvgIpc) is 3.40. The van der Waals surface area contributed by atoms with Crippen molar-refractivity contribution in [3.8, 4) is 17.0 Å². The second kappa shape index (κ2) is 12.8. The first-order valence-corrected chi connectivity index (χ1v) is 15.6. The number of likely N-dealkylation sites (tertiary alicyclic amines) is 1. The molecule has 0 aliphatic carbocycles. The van der Waals surface area contributed by atoms with Gasteiger partial charge in [-0.05, 0) is 58.0 Å². The van der Waals surface area contributed by atoms with E-state index in [1.54, 1.807) is 23.4 Å². The van der Waals surface area contributed by atoms with Crippen LogP contribution in [0.5, 0.6) is 5.75 Å². The fourth-order valence-corrected chi connectivity index (χ4v) is 5.97. The highest BCUT2D eigenvalue weighted by Gasteiger charge is 2.42. The van der Waals surface area contributed by atoms with Gasteiger partial charge in [-0.1, -0.05) is 0 Å². The van der Waals surface area contributed by atoms with Crippen LogP contribution in [0.1, 0.15) is 55.5 Å². The lowest BCUT2D eigenvalue weighted by atomic mass is 10.0. The van der Waals surface area contributed by atoms with E-state index in [9.17, 15) is 22.8 Å². The number of nitrogens with two attached hydrogens (primary N) is 1. The molecule has 2 atom stereocenters. The number of nitrogen functional groups attached to an aromatic ring is 1. The first-order chi connectivity index (χ1) is 23.1. The largest absolute Gasteiger partial charge is 0.496 e. The van der Waals surface area contributed by atoms with Crippen LogP contribution in [0.2, 0.25) is 0 Å². The molecule has 16 heteroatoms. The molecule has 3 aromatic heterocycles. The first kappa shape index (κ1) is 33.9. The minimum atomic E-state index is -4.59. The summed E-state index contributed by atoms with van der Waals surface area (Å²) in [6.07, 6.45) is -1.09. The normalized spacial score (nSPS) is 19.1. The molecule has 0 unspecified atom stereocenters. The quantitative estimate of drug-likeness (QED) is 0.284. The highest BCUT2D eigenvalue weighted by molar-refractivity contribution is 6.04. The topological polar surface area (TPSA) is 149 Å². The number of ether oxygens (including phenoxy) is 3. The van der Waals surface area contributed by atoms with Gasteiger partial charge in [0.15, 0.2) is 0 Å². The summed E-state index contributed by atoms with van der Waals surface area (Å²) in [4.78, 5) is 42.7. The summed E-state index contributed by atoms with van der Waals surface area (Å²) in [6, 6.07) is 6.40. The predicted octanol–water partition coefficient (Wildman–Crippen LogP) is 5.03. The number of amides is 2. The number of benzene rings is 1. The summed E-state index contributed by atoms with van der Waals surface area (Å²) < 4.78 is 58.8. The van der Waals surface area contributed by atoms with Gasteiger partial charge in [0.1, 0.15) is 46.1 Å². The number of imidazole rings is 1. The van der Waals surface area contributed by atoms with Crippen LogP contribution in [0.3, 0.4) is 0 Å². The number of alkyl halides is 3. The molecule has 260 valence electrons. The van der Waals surface area contributed by atoms with Gasteiger partial charge in [-0.15, -0.1) is 0 Å². The maximum atomic E-state index is 13.2. The zero-order chi connectivity index (χ0) is 35.2. The third kappa shape index (κ3) is 6.96. The van der Waals surface area contributed by atoms with Crippen LogP contribution in [0.4, 0.5) is 29.6 Å². The third-order valence-corrected chi connectivity index (χ3v) is 8.41. The summed E-state index contributed by atoms with van der Waals surface area (Å²) >= 11 is 0. The van der Waals surface area contributed by atoms with Gasteiger partial charge in [0.25, 0.3) is 5.91 Å². The Labute approximate surface area is 280 Å². The maximum absolute atomic E-state index is 13.2. The molecule has 0 saturated carbocycles. The molecular weight excluding hydrogens is 645 g/mol. The van der Waals surface area contributed by atoms with Gasteiger partial charge in [0.2, 0.25) is 0 Å². The average molecular weight is 683 g/mol. The number of fused-ring (bicyclic) bond motifs is 1. The number of rotatable bonds is 6. The van der Waals surface area contributed by atoms with Crippen molar-refractivity contribution in [3.63, 3.8) is 0 Å². The van der Waals surface area contributed by atoms with Crippen LogP contribution < -0.4 is 15.8 Å². The minimum Gasteiger partial charge on any atom is -0.496 e. The molecule has 3 N–H and O–H groups in total. The zero-order valence-corrected chi connectivity index (χ0v) is 27.6.